The van der Waals surface area contributed by atoms with Crippen molar-refractivity contribution in [3.05, 3.63) is 101 Å². The summed E-state index contributed by atoms with van der Waals surface area (Å²) < 4.78 is 29.3. The number of hydrogen-bond donors (Lipinski definition) is 2. The fourth-order valence-corrected chi connectivity index (χ4v) is 7.28. The summed E-state index contributed by atoms with van der Waals surface area (Å²) in [6.07, 6.45) is 0.207. The molecule has 220 valence electrons. The van der Waals surface area contributed by atoms with Crippen LogP contribution in [0.15, 0.2) is 94.8 Å². The van der Waals surface area contributed by atoms with E-state index in [1.54, 1.807) is 24.3 Å². The topological polar surface area (TPSA) is 111 Å². The Bertz CT molecular complexity index is 1860. The number of amidine groups is 1. The maximum absolute atomic E-state index is 14.1. The van der Waals surface area contributed by atoms with Gasteiger partial charge in [0.05, 0.1) is 29.2 Å². The van der Waals surface area contributed by atoms with Crippen LogP contribution in [0.5, 0.6) is 0 Å². The van der Waals surface area contributed by atoms with E-state index >= 15 is 0 Å². The minimum absolute atomic E-state index is 0.00967. The van der Waals surface area contributed by atoms with Crippen molar-refractivity contribution in [3.63, 3.8) is 0 Å². The first-order chi connectivity index (χ1) is 20.7. The van der Waals surface area contributed by atoms with Crippen LogP contribution >= 0.6 is 11.6 Å². The van der Waals surface area contributed by atoms with Gasteiger partial charge in [0.25, 0.3) is 10.0 Å². The SMILES string of the molecule is CN1CCN=C1c1ccc(CCNC(=O)C[C@@H]2C(=O)Nc3ccc(Cl)cc3N2S(=O)(=O)c2ccc3ccccc3c2)cc1. The second-order valence-electron chi connectivity index (χ2n) is 10.6. The molecule has 0 spiro atoms. The molecule has 0 aliphatic carbocycles. The van der Waals surface area contributed by atoms with Crippen LogP contribution < -0.4 is 14.9 Å². The van der Waals surface area contributed by atoms with E-state index in [-0.39, 0.29) is 17.0 Å². The number of aliphatic imine (C=N–C) groups is 1. The number of carbonyl (C=O) groups is 2. The van der Waals surface area contributed by atoms with Crippen LogP contribution in [-0.2, 0) is 26.0 Å². The molecule has 0 fully saturated rings. The van der Waals surface area contributed by atoms with Crippen molar-refractivity contribution in [2.24, 2.45) is 4.99 Å². The van der Waals surface area contributed by atoms with Crippen molar-refractivity contribution in [2.75, 3.05) is 36.3 Å². The highest BCUT2D eigenvalue weighted by Crippen LogP contribution is 2.39. The maximum atomic E-state index is 14.1. The lowest BCUT2D eigenvalue weighted by molar-refractivity contribution is -0.125. The second kappa shape index (κ2) is 11.7. The van der Waals surface area contributed by atoms with E-state index in [1.165, 1.54) is 12.1 Å². The van der Waals surface area contributed by atoms with Crippen molar-refractivity contribution in [1.82, 2.24) is 10.2 Å². The van der Waals surface area contributed by atoms with Crippen LogP contribution in [0.25, 0.3) is 10.8 Å². The highest BCUT2D eigenvalue weighted by molar-refractivity contribution is 7.93. The molecule has 2 heterocycles. The molecular formula is C32H30ClN5O4S. The number of nitrogens with zero attached hydrogens (tertiary/aromatic N) is 3. The first kappa shape index (κ1) is 28.7. The van der Waals surface area contributed by atoms with Crippen molar-refractivity contribution < 1.29 is 18.0 Å². The summed E-state index contributed by atoms with van der Waals surface area (Å²) in [7, 11) is -2.25. The van der Waals surface area contributed by atoms with Gasteiger partial charge in [0, 0.05) is 30.7 Å². The lowest BCUT2D eigenvalue weighted by Crippen LogP contribution is -2.52. The summed E-state index contributed by atoms with van der Waals surface area (Å²) >= 11 is 6.26. The third-order valence-electron chi connectivity index (χ3n) is 7.70. The van der Waals surface area contributed by atoms with Crippen LogP contribution in [0.3, 0.4) is 0 Å². The number of benzene rings is 4. The maximum Gasteiger partial charge on any atom is 0.265 e. The Hall–Kier alpha value is -4.41. The zero-order valence-electron chi connectivity index (χ0n) is 23.5. The number of sulfonamides is 1. The molecule has 2 aliphatic heterocycles. The fourth-order valence-electron chi connectivity index (χ4n) is 5.46. The lowest BCUT2D eigenvalue weighted by atomic mass is 10.1. The van der Waals surface area contributed by atoms with E-state index in [2.05, 4.69) is 20.5 Å². The van der Waals surface area contributed by atoms with Crippen LogP contribution in [0, 0.1) is 0 Å². The summed E-state index contributed by atoms with van der Waals surface area (Å²) in [5.74, 6) is -0.0655. The number of nitrogens with one attached hydrogen (secondary N) is 2. The van der Waals surface area contributed by atoms with Gasteiger partial charge < -0.3 is 15.5 Å². The Balaban J connectivity index is 1.21. The molecule has 4 aromatic rings. The number of hydrogen-bond acceptors (Lipinski definition) is 6. The number of fused-ring (bicyclic) bond motifs is 2. The third-order valence-corrected chi connectivity index (χ3v) is 9.76. The van der Waals surface area contributed by atoms with E-state index in [1.807, 2.05) is 55.6 Å². The molecule has 0 bridgehead atoms. The minimum Gasteiger partial charge on any atom is -0.358 e. The Morgan fingerprint density at radius 1 is 1.02 bits per heavy atom. The van der Waals surface area contributed by atoms with Gasteiger partial charge in [-0.2, -0.15) is 0 Å². The monoisotopic (exact) mass is 615 g/mol. The average Bonchev–Trinajstić information content (AvgIpc) is 3.43. The van der Waals surface area contributed by atoms with Gasteiger partial charge in [-0.15, -0.1) is 0 Å². The van der Waals surface area contributed by atoms with Gasteiger partial charge in [0.1, 0.15) is 11.9 Å². The van der Waals surface area contributed by atoms with Crippen LogP contribution in [0.4, 0.5) is 11.4 Å². The van der Waals surface area contributed by atoms with Gasteiger partial charge in [-0.25, -0.2) is 8.42 Å². The van der Waals surface area contributed by atoms with Gasteiger partial charge in [0.15, 0.2) is 0 Å². The quantitative estimate of drug-likeness (QED) is 0.304. The molecule has 43 heavy (non-hydrogen) atoms. The van der Waals surface area contributed by atoms with Crippen LogP contribution in [0.1, 0.15) is 17.5 Å². The predicted octanol–water partition coefficient (Wildman–Crippen LogP) is 4.45. The smallest absolute Gasteiger partial charge is 0.265 e. The number of rotatable bonds is 8. The number of anilines is 2. The second-order valence-corrected chi connectivity index (χ2v) is 12.9. The average molecular weight is 616 g/mol. The minimum atomic E-state index is -4.27. The zero-order chi connectivity index (χ0) is 30.1. The first-order valence-electron chi connectivity index (χ1n) is 14.0. The number of likely N-dealkylation sites (N-methyl/N-ethyl adjacent to an activating group) is 1. The number of carbonyl (C=O) groups excluding carboxylic acids is 2. The number of halogens is 1. The molecule has 11 heteroatoms. The third kappa shape index (κ3) is 5.80. The highest BCUT2D eigenvalue weighted by Gasteiger charge is 2.42. The highest BCUT2D eigenvalue weighted by atomic mass is 35.5. The number of amides is 2. The Labute approximate surface area is 255 Å². The fraction of sp³-hybridized carbons (Fsp3) is 0.219. The lowest BCUT2D eigenvalue weighted by Gasteiger charge is -2.36. The van der Waals surface area contributed by atoms with E-state index in [9.17, 15) is 18.0 Å². The van der Waals surface area contributed by atoms with E-state index in [4.69, 9.17) is 11.6 Å². The van der Waals surface area contributed by atoms with Gasteiger partial charge in [-0.05, 0) is 53.1 Å². The van der Waals surface area contributed by atoms with Crippen molar-refractivity contribution >= 4 is 61.4 Å². The molecule has 0 aromatic heterocycles. The summed E-state index contributed by atoms with van der Waals surface area (Å²) in [6.45, 7) is 2.02. The first-order valence-corrected chi connectivity index (χ1v) is 15.8. The molecule has 4 aromatic carbocycles. The molecule has 0 unspecified atom stereocenters. The molecule has 2 aliphatic rings. The predicted molar refractivity (Wildman–Crippen MR) is 169 cm³/mol. The summed E-state index contributed by atoms with van der Waals surface area (Å²) in [5, 5.41) is 7.51. The Morgan fingerprint density at radius 3 is 2.53 bits per heavy atom. The molecule has 1 atom stereocenters. The van der Waals surface area contributed by atoms with Gasteiger partial charge in [0.2, 0.25) is 11.8 Å². The van der Waals surface area contributed by atoms with Crippen LogP contribution in [0.2, 0.25) is 5.02 Å². The molecular weight excluding hydrogens is 586 g/mol. The molecule has 6 rings (SSSR count). The van der Waals surface area contributed by atoms with Crippen molar-refractivity contribution in [1.29, 1.82) is 0 Å². The van der Waals surface area contributed by atoms with E-state index in [0.29, 0.717) is 23.7 Å². The van der Waals surface area contributed by atoms with Gasteiger partial charge in [-0.1, -0.05) is 66.2 Å². The Morgan fingerprint density at radius 2 is 1.79 bits per heavy atom. The van der Waals surface area contributed by atoms with Crippen LogP contribution in [-0.4, -0.2) is 63.7 Å². The summed E-state index contributed by atoms with van der Waals surface area (Å²) in [6, 6.07) is 23.5. The Kier molecular flexibility index (Phi) is 7.81. The zero-order valence-corrected chi connectivity index (χ0v) is 25.0. The molecule has 0 saturated carbocycles. The van der Waals surface area contributed by atoms with E-state index < -0.39 is 27.9 Å². The largest absolute Gasteiger partial charge is 0.358 e. The van der Waals surface area contributed by atoms with E-state index in [0.717, 1.165) is 45.1 Å². The molecule has 0 radical (unpaired) electrons. The van der Waals surface area contributed by atoms with Gasteiger partial charge in [-0.3, -0.25) is 18.9 Å². The normalized spacial score (nSPS) is 16.6. The van der Waals surface area contributed by atoms with Gasteiger partial charge >= 0.3 is 0 Å². The summed E-state index contributed by atoms with van der Waals surface area (Å²) in [4.78, 5) is 33.1. The molecule has 2 amide bonds. The molecule has 9 nitrogen and oxygen atoms in total. The van der Waals surface area contributed by atoms with Crippen molar-refractivity contribution in [2.45, 2.75) is 23.8 Å². The van der Waals surface area contributed by atoms with Crippen molar-refractivity contribution in [3.8, 4) is 0 Å². The molecule has 0 saturated heterocycles. The standard InChI is InChI=1S/C32H30ClN5O4S/c1-37-17-16-35-31(37)23-8-6-21(7-9-23)14-15-34-30(39)20-29-32(40)36-27-13-11-25(33)19-28(27)38(29)43(41,42)26-12-10-22-4-2-3-5-24(22)18-26/h2-13,18-19,29H,14-17,20H2,1H3,(H,34,39)(H,36,40)/t29-/m1/s1. The molecule has 2 N–H and O–H groups in total. The summed E-state index contributed by atoms with van der Waals surface area (Å²) in [5.41, 5.74) is 2.58.